The summed E-state index contributed by atoms with van der Waals surface area (Å²) in [6.45, 7) is 2.48. The molecule has 0 radical (unpaired) electrons. The van der Waals surface area contributed by atoms with Crippen molar-refractivity contribution in [2.45, 2.75) is 268 Å². The van der Waals surface area contributed by atoms with Crippen LogP contribution in [0.15, 0.2) is 48.6 Å². The molecule has 11 atom stereocenters. The molecule has 7 N–H and O–H groups in total. The predicted molar refractivity (Wildman–Crippen MR) is 275 cm³/mol. The second kappa shape index (κ2) is 42.8. The van der Waals surface area contributed by atoms with E-state index in [1.54, 1.807) is 0 Å². The van der Waals surface area contributed by atoms with Crippen LogP contribution in [-0.2, 0) is 38.0 Å². The Bertz CT molecular complexity index is 1420. The van der Waals surface area contributed by atoms with Gasteiger partial charge < -0.3 is 64.2 Å². The van der Waals surface area contributed by atoms with Crippen LogP contribution in [0, 0.1) is 0 Å². The number of hydrogen-bond donors (Lipinski definition) is 7. The highest BCUT2D eigenvalue weighted by Gasteiger charge is 2.47. The fourth-order valence-electron chi connectivity index (χ4n) is 8.56. The molecule has 2 heterocycles. The molecule has 71 heavy (non-hydrogen) atoms. The first-order valence-corrected chi connectivity index (χ1v) is 27.7. The van der Waals surface area contributed by atoms with Gasteiger partial charge in [0.05, 0.1) is 19.8 Å². The number of carbonyl (C=O) groups excluding carboxylic acids is 2. The molecule has 0 aromatic heterocycles. The van der Waals surface area contributed by atoms with Crippen molar-refractivity contribution >= 4 is 11.9 Å². The fraction of sp³-hybridized carbons (Fsp3) is 0.821. The minimum absolute atomic E-state index is 0.149. The lowest BCUT2D eigenvalue weighted by Gasteiger charge is -2.42. The zero-order valence-corrected chi connectivity index (χ0v) is 43.7. The third-order valence-corrected chi connectivity index (χ3v) is 13.1. The minimum Gasteiger partial charge on any atom is -0.462 e. The summed E-state index contributed by atoms with van der Waals surface area (Å²) in [5.41, 5.74) is 0. The summed E-state index contributed by atoms with van der Waals surface area (Å²) in [6.07, 6.45) is 31.3. The normalized spacial score (nSPS) is 25.5. The highest BCUT2D eigenvalue weighted by Crippen LogP contribution is 2.27. The summed E-state index contributed by atoms with van der Waals surface area (Å²) < 4.78 is 33.6. The first-order chi connectivity index (χ1) is 34.5. The van der Waals surface area contributed by atoms with E-state index < -0.39 is 92.7 Å². The summed E-state index contributed by atoms with van der Waals surface area (Å²) >= 11 is 0. The average Bonchev–Trinajstić information content (AvgIpc) is 3.36. The van der Waals surface area contributed by atoms with Crippen molar-refractivity contribution in [2.24, 2.45) is 0 Å². The van der Waals surface area contributed by atoms with Crippen LogP contribution in [0.25, 0.3) is 0 Å². The smallest absolute Gasteiger partial charge is 0.306 e. The molecule has 0 saturated carbocycles. The standard InChI is InChI=1S/C56H98O15/c1-3-5-7-9-11-13-15-17-19-21-22-23-25-27-29-31-33-35-37-39-48(59)69-44(41-66-47(58)38-36-34-32-30-28-26-24-20-18-16-14-12-10-8-6-4-2)42-67-55-54(65)52(63)50(61)46(71-55)43-68-56-53(64)51(62)49(60)45(40-57)70-56/h5,7,11,13,17,19,22-23,44-46,49-57,60-65H,3-4,6,8-10,12,14-16,18,20-21,24-43H2,1-2H3/b7-5-,13-11-,19-17-,23-22-. The molecule has 412 valence electrons. The number of aliphatic hydroxyl groups excluding tert-OH is 7. The third-order valence-electron chi connectivity index (χ3n) is 13.1. The molecule has 0 bridgehead atoms. The molecular weight excluding hydrogens is 913 g/mol. The summed E-state index contributed by atoms with van der Waals surface area (Å²) in [7, 11) is 0. The van der Waals surface area contributed by atoms with Gasteiger partial charge in [-0.25, -0.2) is 0 Å². The van der Waals surface area contributed by atoms with Crippen LogP contribution >= 0.6 is 0 Å². The first-order valence-electron chi connectivity index (χ1n) is 27.7. The van der Waals surface area contributed by atoms with E-state index >= 15 is 0 Å². The first kappa shape index (κ1) is 64.6. The maximum absolute atomic E-state index is 13.0. The Morgan fingerprint density at radius 1 is 0.465 bits per heavy atom. The number of carbonyl (C=O) groups is 2. The van der Waals surface area contributed by atoms with Crippen LogP contribution < -0.4 is 0 Å². The molecular formula is C56H98O15. The van der Waals surface area contributed by atoms with Crippen molar-refractivity contribution < 1.29 is 73.8 Å². The number of ether oxygens (including phenoxy) is 6. The van der Waals surface area contributed by atoms with Gasteiger partial charge in [0, 0.05) is 12.8 Å². The highest BCUT2D eigenvalue weighted by atomic mass is 16.7. The van der Waals surface area contributed by atoms with Crippen LogP contribution in [0.3, 0.4) is 0 Å². The van der Waals surface area contributed by atoms with E-state index in [2.05, 4.69) is 62.5 Å². The van der Waals surface area contributed by atoms with Crippen LogP contribution in [0.1, 0.15) is 200 Å². The van der Waals surface area contributed by atoms with E-state index in [9.17, 15) is 45.3 Å². The lowest BCUT2D eigenvalue weighted by molar-refractivity contribution is -0.332. The second-order valence-corrected chi connectivity index (χ2v) is 19.4. The Labute approximate surface area is 427 Å². The van der Waals surface area contributed by atoms with Crippen LogP contribution in [0.5, 0.6) is 0 Å². The van der Waals surface area contributed by atoms with Gasteiger partial charge in [0.15, 0.2) is 18.7 Å². The fourth-order valence-corrected chi connectivity index (χ4v) is 8.56. The summed E-state index contributed by atoms with van der Waals surface area (Å²) in [5, 5.41) is 72.2. The number of esters is 2. The number of aliphatic hydroxyl groups is 7. The van der Waals surface area contributed by atoms with Gasteiger partial charge in [0.2, 0.25) is 0 Å². The lowest BCUT2D eigenvalue weighted by atomic mass is 9.98. The molecule has 2 saturated heterocycles. The van der Waals surface area contributed by atoms with Gasteiger partial charge in [0.25, 0.3) is 0 Å². The molecule has 2 rings (SSSR count). The topological polar surface area (TPSA) is 231 Å². The zero-order valence-electron chi connectivity index (χ0n) is 43.7. The highest BCUT2D eigenvalue weighted by molar-refractivity contribution is 5.70. The number of unbranched alkanes of at least 4 members (excludes halogenated alkanes) is 21. The van der Waals surface area contributed by atoms with E-state index in [0.717, 1.165) is 83.5 Å². The van der Waals surface area contributed by atoms with Crippen LogP contribution in [-0.4, -0.2) is 142 Å². The quantitative estimate of drug-likeness (QED) is 0.0172. The molecule has 0 amide bonds. The molecule has 11 unspecified atom stereocenters. The summed E-state index contributed by atoms with van der Waals surface area (Å²) in [6, 6.07) is 0. The Hall–Kier alpha value is -2.54. The minimum atomic E-state index is -1.77. The molecule has 2 aliphatic heterocycles. The van der Waals surface area contributed by atoms with Gasteiger partial charge in [-0.3, -0.25) is 9.59 Å². The summed E-state index contributed by atoms with van der Waals surface area (Å²) in [5.74, 6) is -0.936. The van der Waals surface area contributed by atoms with Gasteiger partial charge in [0.1, 0.15) is 55.4 Å². The van der Waals surface area contributed by atoms with Gasteiger partial charge in [-0.15, -0.1) is 0 Å². The van der Waals surface area contributed by atoms with Crippen molar-refractivity contribution in [1.29, 1.82) is 0 Å². The number of allylic oxidation sites excluding steroid dienone is 8. The van der Waals surface area contributed by atoms with Crippen molar-refractivity contribution in [2.75, 3.05) is 26.4 Å². The molecule has 0 aromatic carbocycles. The van der Waals surface area contributed by atoms with Gasteiger partial charge >= 0.3 is 11.9 Å². The van der Waals surface area contributed by atoms with Crippen LogP contribution in [0.2, 0.25) is 0 Å². The van der Waals surface area contributed by atoms with E-state index in [-0.39, 0.29) is 26.1 Å². The van der Waals surface area contributed by atoms with Gasteiger partial charge in [-0.2, -0.15) is 0 Å². The van der Waals surface area contributed by atoms with Gasteiger partial charge in [-0.05, 0) is 51.4 Å². The lowest BCUT2D eigenvalue weighted by Crippen LogP contribution is -2.61. The summed E-state index contributed by atoms with van der Waals surface area (Å²) in [4.78, 5) is 25.8. The van der Waals surface area contributed by atoms with E-state index in [1.165, 1.54) is 77.0 Å². The third kappa shape index (κ3) is 30.4. The zero-order chi connectivity index (χ0) is 51.7. The van der Waals surface area contributed by atoms with Crippen molar-refractivity contribution in [3.63, 3.8) is 0 Å². The number of rotatable bonds is 43. The Kier molecular flexibility index (Phi) is 38.9. The maximum Gasteiger partial charge on any atom is 0.306 e. The largest absolute Gasteiger partial charge is 0.462 e. The monoisotopic (exact) mass is 1010 g/mol. The van der Waals surface area contributed by atoms with E-state index in [4.69, 9.17) is 28.4 Å². The second-order valence-electron chi connectivity index (χ2n) is 19.4. The Morgan fingerprint density at radius 2 is 0.887 bits per heavy atom. The maximum atomic E-state index is 13.0. The van der Waals surface area contributed by atoms with E-state index in [0.29, 0.717) is 12.8 Å². The van der Waals surface area contributed by atoms with Crippen molar-refractivity contribution in [3.8, 4) is 0 Å². The molecule has 0 spiro atoms. The van der Waals surface area contributed by atoms with Crippen molar-refractivity contribution in [3.05, 3.63) is 48.6 Å². The van der Waals surface area contributed by atoms with E-state index in [1.807, 2.05) is 0 Å². The molecule has 15 heteroatoms. The molecule has 2 aliphatic rings. The SMILES string of the molecule is CC/C=C\C/C=C\C/C=C\C/C=C\CCCCCCCCC(=O)OC(COC(=O)CCCCCCCCCCCCCCCCCC)COC1OC(COC2OC(CO)C(O)C(O)C2O)C(O)C(O)C1O. The molecule has 0 aromatic rings. The number of hydrogen-bond acceptors (Lipinski definition) is 15. The molecule has 2 fully saturated rings. The Morgan fingerprint density at radius 3 is 1.39 bits per heavy atom. The average molecular weight is 1010 g/mol. The van der Waals surface area contributed by atoms with Crippen LogP contribution in [0.4, 0.5) is 0 Å². The predicted octanol–water partition coefficient (Wildman–Crippen LogP) is 8.66. The Balaban J connectivity index is 1.78. The van der Waals surface area contributed by atoms with Crippen molar-refractivity contribution in [1.82, 2.24) is 0 Å². The molecule has 0 aliphatic carbocycles. The van der Waals surface area contributed by atoms with Gasteiger partial charge in [-0.1, -0.05) is 184 Å². The molecule has 15 nitrogen and oxygen atoms in total.